The van der Waals surface area contributed by atoms with Gasteiger partial charge >= 0.3 is 0 Å². The molecule has 1 unspecified atom stereocenters. The van der Waals surface area contributed by atoms with Gasteiger partial charge < -0.3 is 0 Å². The Morgan fingerprint density at radius 3 is 2.64 bits per heavy atom. The molecule has 0 aromatic rings. The van der Waals surface area contributed by atoms with E-state index < -0.39 is 0 Å². The number of hydrogen-bond donors (Lipinski definition) is 0. The summed E-state index contributed by atoms with van der Waals surface area (Å²) in [6.07, 6.45) is 2.19. The molecule has 1 nitrogen and oxygen atoms in total. The van der Waals surface area contributed by atoms with Gasteiger partial charge in [0.25, 0.3) is 0 Å². The molecule has 0 aromatic heterocycles. The minimum atomic E-state index is 0.272. The molecule has 0 N–H and O–H groups in total. The molecular weight excluding hydrogens is 136 g/mol. The van der Waals surface area contributed by atoms with Crippen LogP contribution < -0.4 is 0 Å². The highest BCUT2D eigenvalue weighted by Crippen LogP contribution is 2.07. The molecule has 1 heteroatoms. The second-order valence-corrected chi connectivity index (χ2v) is 2.86. The van der Waals surface area contributed by atoms with Gasteiger partial charge in [-0.25, -0.2) is 0 Å². The van der Waals surface area contributed by atoms with Crippen molar-refractivity contribution < 1.29 is 4.79 Å². The van der Waals surface area contributed by atoms with Crippen LogP contribution in [0.25, 0.3) is 0 Å². The summed E-state index contributed by atoms with van der Waals surface area (Å²) in [5, 5.41) is 0. The number of carbonyl (C=O) groups is 1. The van der Waals surface area contributed by atoms with Gasteiger partial charge in [-0.05, 0) is 12.8 Å². The average molecular weight is 152 g/mol. The van der Waals surface area contributed by atoms with Crippen LogP contribution >= 0.6 is 0 Å². The molecule has 0 saturated carbocycles. The van der Waals surface area contributed by atoms with E-state index in [4.69, 9.17) is 0 Å². The Bertz CT molecular complexity index is 171. The van der Waals surface area contributed by atoms with Gasteiger partial charge in [0.1, 0.15) is 5.78 Å². The van der Waals surface area contributed by atoms with Crippen LogP contribution in [0.15, 0.2) is 0 Å². The van der Waals surface area contributed by atoms with E-state index in [2.05, 4.69) is 25.7 Å². The fourth-order valence-corrected chi connectivity index (χ4v) is 0.792. The van der Waals surface area contributed by atoms with E-state index in [9.17, 15) is 4.79 Å². The maximum Gasteiger partial charge on any atom is 0.145 e. The van der Waals surface area contributed by atoms with E-state index in [-0.39, 0.29) is 5.78 Å². The quantitative estimate of drug-likeness (QED) is 0.565. The van der Waals surface area contributed by atoms with Gasteiger partial charge in [-0.3, -0.25) is 4.79 Å². The maximum atomic E-state index is 11.1. The molecule has 0 spiro atoms. The van der Waals surface area contributed by atoms with E-state index in [1.807, 2.05) is 0 Å². The third-order valence-corrected chi connectivity index (χ3v) is 1.74. The normalized spacial score (nSPS) is 11.5. The van der Waals surface area contributed by atoms with Crippen LogP contribution in [0, 0.1) is 17.8 Å². The number of ketones is 1. The summed E-state index contributed by atoms with van der Waals surface area (Å²) in [5.41, 5.74) is 0. The first-order valence-corrected chi connectivity index (χ1v) is 4.12. The zero-order chi connectivity index (χ0) is 8.69. The van der Waals surface area contributed by atoms with Crippen LogP contribution in [0.1, 0.15) is 40.0 Å². The van der Waals surface area contributed by atoms with E-state index in [1.165, 1.54) is 0 Å². The van der Waals surface area contributed by atoms with Gasteiger partial charge in [0.15, 0.2) is 0 Å². The maximum absolute atomic E-state index is 11.1. The number of Topliss-reactive ketones (excluding diaryl/α,β-unsaturated/α-hetero) is 1. The molecule has 0 radical (unpaired) electrons. The lowest BCUT2D eigenvalue weighted by Crippen LogP contribution is -2.03. The van der Waals surface area contributed by atoms with Crippen molar-refractivity contribution in [3.05, 3.63) is 0 Å². The third kappa shape index (κ3) is 5.66. The van der Waals surface area contributed by atoms with Crippen molar-refractivity contribution in [3.63, 3.8) is 0 Å². The number of hydrogen-bond acceptors (Lipinski definition) is 1. The van der Waals surface area contributed by atoms with Crippen molar-refractivity contribution in [3.8, 4) is 11.8 Å². The Labute approximate surface area is 69.2 Å². The highest BCUT2D eigenvalue weighted by molar-refractivity contribution is 5.80. The van der Waals surface area contributed by atoms with E-state index in [0.29, 0.717) is 18.8 Å². The standard InChI is InChI=1S/C10H16O/c1-4-6-7-10(11)8-9(3)5-2/h9H,5,7-8H2,1-3H3. The van der Waals surface area contributed by atoms with Crippen LogP contribution in [-0.2, 0) is 4.79 Å². The predicted octanol–water partition coefficient (Wildman–Crippen LogP) is 2.41. The van der Waals surface area contributed by atoms with E-state index in [1.54, 1.807) is 6.92 Å². The van der Waals surface area contributed by atoms with Crippen molar-refractivity contribution >= 4 is 5.78 Å². The minimum Gasteiger partial charge on any atom is -0.299 e. The molecular formula is C10H16O. The molecule has 0 amide bonds. The highest BCUT2D eigenvalue weighted by Gasteiger charge is 2.04. The van der Waals surface area contributed by atoms with Crippen molar-refractivity contribution in [1.29, 1.82) is 0 Å². The summed E-state index contributed by atoms with van der Waals surface area (Å²) in [6, 6.07) is 0. The fraction of sp³-hybridized carbons (Fsp3) is 0.700. The van der Waals surface area contributed by atoms with Crippen LogP contribution in [0.2, 0.25) is 0 Å². The second-order valence-electron chi connectivity index (χ2n) is 2.86. The van der Waals surface area contributed by atoms with Crippen LogP contribution in [0.4, 0.5) is 0 Å². The molecule has 62 valence electrons. The summed E-state index contributed by atoms with van der Waals surface area (Å²) in [7, 11) is 0. The lowest BCUT2D eigenvalue weighted by atomic mass is 10.0. The molecule has 0 fully saturated rings. The molecule has 0 aliphatic carbocycles. The molecule has 0 rings (SSSR count). The first kappa shape index (κ1) is 10.2. The third-order valence-electron chi connectivity index (χ3n) is 1.74. The zero-order valence-corrected chi connectivity index (χ0v) is 7.61. The summed E-state index contributed by atoms with van der Waals surface area (Å²) in [4.78, 5) is 11.1. The van der Waals surface area contributed by atoms with Crippen molar-refractivity contribution in [2.45, 2.75) is 40.0 Å². The fourth-order valence-electron chi connectivity index (χ4n) is 0.792. The average Bonchev–Trinajstić information content (AvgIpc) is 2.00. The number of rotatable bonds is 4. The van der Waals surface area contributed by atoms with E-state index in [0.717, 1.165) is 6.42 Å². The minimum absolute atomic E-state index is 0.272. The largest absolute Gasteiger partial charge is 0.299 e. The van der Waals surface area contributed by atoms with Gasteiger partial charge in [-0.2, -0.15) is 0 Å². The molecule has 0 saturated heterocycles. The first-order chi connectivity index (χ1) is 5.20. The lowest BCUT2D eigenvalue weighted by Gasteiger charge is -2.03. The van der Waals surface area contributed by atoms with Crippen molar-refractivity contribution in [2.75, 3.05) is 0 Å². The summed E-state index contributed by atoms with van der Waals surface area (Å²) in [5.74, 6) is 6.28. The summed E-state index contributed by atoms with van der Waals surface area (Å²) >= 11 is 0. The monoisotopic (exact) mass is 152 g/mol. The second kappa shape index (κ2) is 5.97. The zero-order valence-electron chi connectivity index (χ0n) is 7.61. The van der Waals surface area contributed by atoms with Gasteiger partial charge in [0.05, 0.1) is 6.42 Å². The van der Waals surface area contributed by atoms with Crippen molar-refractivity contribution in [2.24, 2.45) is 5.92 Å². The molecule has 0 heterocycles. The number of carbonyl (C=O) groups excluding carboxylic acids is 1. The molecule has 0 aliphatic rings. The predicted molar refractivity (Wildman–Crippen MR) is 47.1 cm³/mol. The highest BCUT2D eigenvalue weighted by atomic mass is 16.1. The molecule has 0 aliphatic heterocycles. The molecule has 0 aromatic carbocycles. The van der Waals surface area contributed by atoms with Crippen LogP contribution in [-0.4, -0.2) is 5.78 Å². The van der Waals surface area contributed by atoms with Crippen LogP contribution in [0.3, 0.4) is 0 Å². The molecule has 0 bridgehead atoms. The van der Waals surface area contributed by atoms with Gasteiger partial charge in [0.2, 0.25) is 0 Å². The Kier molecular flexibility index (Phi) is 5.56. The van der Waals surface area contributed by atoms with Gasteiger partial charge in [0, 0.05) is 6.42 Å². The molecule has 11 heavy (non-hydrogen) atoms. The first-order valence-electron chi connectivity index (χ1n) is 4.12. The van der Waals surface area contributed by atoms with Gasteiger partial charge in [-0.1, -0.05) is 26.2 Å². The summed E-state index contributed by atoms with van der Waals surface area (Å²) < 4.78 is 0. The lowest BCUT2D eigenvalue weighted by molar-refractivity contribution is -0.118. The van der Waals surface area contributed by atoms with E-state index >= 15 is 0 Å². The summed E-state index contributed by atoms with van der Waals surface area (Å²) in [6.45, 7) is 5.96. The van der Waals surface area contributed by atoms with Gasteiger partial charge in [-0.15, -0.1) is 5.92 Å². The Morgan fingerprint density at radius 1 is 1.55 bits per heavy atom. The Hall–Kier alpha value is -0.770. The smallest absolute Gasteiger partial charge is 0.145 e. The Balaban J connectivity index is 3.57. The molecule has 1 atom stereocenters. The van der Waals surface area contributed by atoms with Crippen molar-refractivity contribution in [1.82, 2.24) is 0 Å². The topological polar surface area (TPSA) is 17.1 Å². The Morgan fingerprint density at radius 2 is 2.18 bits per heavy atom. The van der Waals surface area contributed by atoms with Crippen LogP contribution in [0.5, 0.6) is 0 Å². The SMILES string of the molecule is CC#CCC(=O)CC(C)CC.